The third-order valence-electron chi connectivity index (χ3n) is 7.96. The van der Waals surface area contributed by atoms with Gasteiger partial charge in [0, 0.05) is 30.4 Å². The van der Waals surface area contributed by atoms with E-state index in [0.29, 0.717) is 31.1 Å². The smallest absolute Gasteiger partial charge is 0.309 e. The van der Waals surface area contributed by atoms with Crippen LogP contribution in [0.5, 0.6) is 5.75 Å². The molecule has 0 radical (unpaired) electrons. The molecule has 4 rings (SSSR count). The van der Waals surface area contributed by atoms with E-state index in [1.807, 2.05) is 25.3 Å². The molecule has 214 valence electrons. The van der Waals surface area contributed by atoms with Gasteiger partial charge in [-0.3, -0.25) is 9.59 Å². The lowest BCUT2D eigenvalue weighted by Gasteiger charge is -2.24. The Morgan fingerprint density at radius 1 is 1.18 bits per heavy atom. The average Bonchev–Trinajstić information content (AvgIpc) is 3.60. The fourth-order valence-corrected chi connectivity index (χ4v) is 6.30. The molecule has 1 aliphatic rings. The largest absolute Gasteiger partial charge is 0.490 e. The van der Waals surface area contributed by atoms with E-state index in [4.69, 9.17) is 19.4 Å². The molecule has 8 heteroatoms. The van der Waals surface area contributed by atoms with E-state index in [2.05, 4.69) is 45.7 Å². The number of aryl methyl sites for hydroxylation is 2. The molecule has 3 aromatic rings. The fraction of sp³-hybridized carbons (Fsp3) is 0.500. The molecule has 0 bridgehead atoms. The normalized spacial score (nSPS) is 18.7. The second-order valence-electron chi connectivity index (χ2n) is 11.1. The summed E-state index contributed by atoms with van der Waals surface area (Å²) in [5, 5.41) is 3.84. The molecule has 1 amide bonds. The van der Waals surface area contributed by atoms with E-state index in [1.54, 1.807) is 16.2 Å². The zero-order valence-corrected chi connectivity index (χ0v) is 25.3. The van der Waals surface area contributed by atoms with Gasteiger partial charge >= 0.3 is 5.97 Å². The molecular formula is C32H41N3O4S. The van der Waals surface area contributed by atoms with Gasteiger partial charge < -0.3 is 14.4 Å². The standard InChI is InChI=1S/C32H41N3O4S/c1-8-9-10-11-14-35(6)31(36)24-15-22(16-25(24)32(37)38-7)39-28-17-26(30-34-27(18-40-30)19(2)3)33-29-21(5)20(4)12-13-23(28)29/h8,12-13,17-19,22,24-25H,1,9-11,14-16H2,2-7H3/t22-,24+,25+/m0/s1. The SMILES string of the molecule is C=CCCCCN(C)C(=O)[C@@H]1C[C@H](Oc2cc(-c3nc(C(C)C)cs3)nc3c(C)c(C)ccc23)C[C@H]1C(=O)OC. The number of thiazole rings is 1. The van der Waals surface area contributed by atoms with Gasteiger partial charge in [0.1, 0.15) is 22.6 Å². The van der Waals surface area contributed by atoms with Crippen LogP contribution < -0.4 is 4.74 Å². The van der Waals surface area contributed by atoms with Gasteiger partial charge in [-0.2, -0.15) is 0 Å². The van der Waals surface area contributed by atoms with E-state index in [-0.39, 0.29) is 18.0 Å². The summed E-state index contributed by atoms with van der Waals surface area (Å²) < 4.78 is 11.8. The summed E-state index contributed by atoms with van der Waals surface area (Å²) in [6.07, 6.45) is 5.25. The van der Waals surface area contributed by atoms with Gasteiger partial charge in [-0.05, 0) is 69.1 Å². The van der Waals surface area contributed by atoms with Crippen molar-refractivity contribution in [2.24, 2.45) is 11.8 Å². The molecule has 0 aliphatic heterocycles. The number of allylic oxidation sites excluding steroid dienone is 1. The quantitative estimate of drug-likeness (QED) is 0.144. The second-order valence-corrected chi connectivity index (χ2v) is 12.0. The fourth-order valence-electron chi connectivity index (χ4n) is 5.36. The topological polar surface area (TPSA) is 81.6 Å². The van der Waals surface area contributed by atoms with Gasteiger partial charge in [0.15, 0.2) is 0 Å². The number of esters is 1. The molecule has 7 nitrogen and oxygen atoms in total. The average molecular weight is 564 g/mol. The summed E-state index contributed by atoms with van der Waals surface area (Å²) in [7, 11) is 3.19. The molecule has 0 N–H and O–H groups in total. The molecule has 1 saturated carbocycles. The van der Waals surface area contributed by atoms with Crippen LogP contribution in [0, 0.1) is 25.7 Å². The van der Waals surface area contributed by atoms with Crippen molar-refractivity contribution in [3.8, 4) is 16.5 Å². The highest BCUT2D eigenvalue weighted by Crippen LogP contribution is 2.40. The van der Waals surface area contributed by atoms with Crippen LogP contribution in [0.25, 0.3) is 21.6 Å². The summed E-state index contributed by atoms with van der Waals surface area (Å²) in [4.78, 5) is 37.8. The lowest BCUT2D eigenvalue weighted by atomic mass is 9.94. The third kappa shape index (κ3) is 6.38. The Morgan fingerprint density at radius 2 is 1.93 bits per heavy atom. The van der Waals surface area contributed by atoms with Crippen molar-refractivity contribution in [3.63, 3.8) is 0 Å². The number of hydrogen-bond acceptors (Lipinski definition) is 7. The molecule has 0 unspecified atom stereocenters. The van der Waals surface area contributed by atoms with Crippen LogP contribution in [0.3, 0.4) is 0 Å². The highest BCUT2D eigenvalue weighted by Gasteiger charge is 2.45. The predicted octanol–water partition coefficient (Wildman–Crippen LogP) is 6.86. The monoisotopic (exact) mass is 563 g/mol. The molecule has 1 fully saturated rings. The van der Waals surface area contributed by atoms with Crippen LogP contribution in [-0.4, -0.2) is 53.6 Å². The highest BCUT2D eigenvalue weighted by atomic mass is 32.1. The number of hydrogen-bond donors (Lipinski definition) is 0. The lowest BCUT2D eigenvalue weighted by molar-refractivity contribution is -0.151. The summed E-state index contributed by atoms with van der Waals surface area (Å²) in [5.74, 6) is -0.387. The Balaban J connectivity index is 1.64. The van der Waals surface area contributed by atoms with Crippen molar-refractivity contribution in [1.29, 1.82) is 0 Å². The van der Waals surface area contributed by atoms with Gasteiger partial charge in [0.25, 0.3) is 0 Å². The minimum absolute atomic E-state index is 0.0316. The Kier molecular flexibility index (Phi) is 9.61. The molecule has 40 heavy (non-hydrogen) atoms. The zero-order valence-electron chi connectivity index (χ0n) is 24.5. The number of unbranched alkanes of at least 4 members (excludes halogenated alkanes) is 2. The number of carbonyl (C=O) groups is 2. The summed E-state index contributed by atoms with van der Waals surface area (Å²) >= 11 is 1.58. The van der Waals surface area contributed by atoms with Crippen LogP contribution in [0.1, 0.15) is 68.7 Å². The van der Waals surface area contributed by atoms with Gasteiger partial charge in [-0.15, -0.1) is 17.9 Å². The number of carbonyl (C=O) groups excluding carboxylic acids is 2. The van der Waals surface area contributed by atoms with Gasteiger partial charge in [-0.25, -0.2) is 9.97 Å². The molecule has 1 aliphatic carbocycles. The van der Waals surface area contributed by atoms with Gasteiger partial charge in [-0.1, -0.05) is 26.0 Å². The third-order valence-corrected chi connectivity index (χ3v) is 8.85. The molecular weight excluding hydrogens is 522 g/mol. The van der Waals surface area contributed by atoms with Crippen molar-refractivity contribution < 1.29 is 19.1 Å². The van der Waals surface area contributed by atoms with Gasteiger partial charge in [0.2, 0.25) is 5.91 Å². The number of nitrogens with zero attached hydrogens (tertiary/aromatic N) is 3. The molecule has 2 aromatic heterocycles. The lowest BCUT2D eigenvalue weighted by Crippen LogP contribution is -2.37. The number of ether oxygens (including phenoxy) is 2. The first-order chi connectivity index (χ1) is 19.1. The molecule has 2 heterocycles. The maximum atomic E-state index is 13.5. The Bertz CT molecular complexity index is 1380. The number of rotatable bonds is 11. The predicted molar refractivity (Wildman–Crippen MR) is 161 cm³/mol. The number of fused-ring (bicyclic) bond motifs is 1. The number of pyridine rings is 1. The second kappa shape index (κ2) is 12.9. The van der Waals surface area contributed by atoms with Crippen molar-refractivity contribution in [2.75, 3.05) is 20.7 Å². The number of methoxy groups -OCH3 is 1. The van der Waals surface area contributed by atoms with E-state index in [0.717, 1.165) is 57.7 Å². The maximum absolute atomic E-state index is 13.5. The molecule has 1 aromatic carbocycles. The molecule has 0 saturated heterocycles. The number of benzene rings is 1. The molecule has 0 spiro atoms. The van der Waals surface area contributed by atoms with Crippen molar-refractivity contribution in [2.45, 2.75) is 71.8 Å². The van der Waals surface area contributed by atoms with Crippen LogP contribution in [-0.2, 0) is 14.3 Å². The Hall–Kier alpha value is -3.26. The first-order valence-electron chi connectivity index (χ1n) is 14.1. The maximum Gasteiger partial charge on any atom is 0.309 e. The van der Waals surface area contributed by atoms with E-state index in [9.17, 15) is 9.59 Å². The van der Waals surface area contributed by atoms with Crippen LogP contribution in [0.4, 0.5) is 0 Å². The van der Waals surface area contributed by atoms with E-state index in [1.165, 1.54) is 7.11 Å². The van der Waals surface area contributed by atoms with Crippen LogP contribution >= 0.6 is 11.3 Å². The molecule has 3 atom stereocenters. The summed E-state index contributed by atoms with van der Waals surface area (Å²) in [6.45, 7) is 12.8. The Morgan fingerprint density at radius 3 is 2.60 bits per heavy atom. The minimum Gasteiger partial charge on any atom is -0.490 e. The zero-order chi connectivity index (χ0) is 29.0. The highest BCUT2D eigenvalue weighted by molar-refractivity contribution is 7.13. The van der Waals surface area contributed by atoms with Crippen molar-refractivity contribution in [3.05, 3.63) is 53.1 Å². The van der Waals surface area contributed by atoms with E-state index >= 15 is 0 Å². The van der Waals surface area contributed by atoms with Gasteiger partial charge in [0.05, 0.1) is 30.2 Å². The summed E-state index contributed by atoms with van der Waals surface area (Å²) in [5.41, 5.74) is 4.93. The van der Waals surface area contributed by atoms with Crippen molar-refractivity contribution in [1.82, 2.24) is 14.9 Å². The minimum atomic E-state index is -0.540. The first-order valence-corrected chi connectivity index (χ1v) is 15.0. The first kappa shape index (κ1) is 29.7. The Labute approximate surface area is 241 Å². The van der Waals surface area contributed by atoms with E-state index < -0.39 is 11.8 Å². The summed E-state index contributed by atoms with van der Waals surface area (Å²) in [6, 6.07) is 6.07. The van der Waals surface area contributed by atoms with Crippen LogP contribution in [0.15, 0.2) is 36.2 Å². The van der Waals surface area contributed by atoms with Crippen LogP contribution in [0.2, 0.25) is 0 Å². The number of amides is 1. The number of aromatic nitrogens is 2. The van der Waals surface area contributed by atoms with Crippen molar-refractivity contribution >= 4 is 34.1 Å².